The summed E-state index contributed by atoms with van der Waals surface area (Å²) in [5.74, 6) is 0.479. The van der Waals surface area contributed by atoms with Gasteiger partial charge in [-0.15, -0.1) is 0 Å². The minimum Gasteiger partial charge on any atom is -0.488 e. The van der Waals surface area contributed by atoms with Crippen LogP contribution in [0.4, 0.5) is 0 Å². The van der Waals surface area contributed by atoms with Crippen LogP contribution in [0.25, 0.3) is 0 Å². The van der Waals surface area contributed by atoms with E-state index in [-0.39, 0.29) is 23.5 Å². The van der Waals surface area contributed by atoms with Gasteiger partial charge < -0.3 is 10.1 Å². The number of ether oxygens (including phenoxy) is 1. The molecule has 1 heterocycles. The number of likely N-dealkylation sites (N-methyl/N-ethyl adjacent to an activating group) is 1. The minimum atomic E-state index is -3.67. The highest BCUT2D eigenvalue weighted by atomic mass is 32.2. The number of sulfonamides is 1. The van der Waals surface area contributed by atoms with Crippen molar-refractivity contribution in [2.45, 2.75) is 17.4 Å². The van der Waals surface area contributed by atoms with E-state index in [0.717, 1.165) is 22.0 Å². The topological polar surface area (TPSA) is 75.7 Å². The molecule has 0 aliphatic carbocycles. The van der Waals surface area contributed by atoms with Crippen molar-refractivity contribution in [1.82, 2.24) is 9.62 Å². The lowest BCUT2D eigenvalue weighted by atomic mass is 10.1. The van der Waals surface area contributed by atoms with Gasteiger partial charge in [0.15, 0.2) is 0 Å². The molecule has 1 atom stereocenters. The second kappa shape index (κ2) is 7.25. The van der Waals surface area contributed by atoms with Gasteiger partial charge in [0.2, 0.25) is 15.9 Å². The van der Waals surface area contributed by atoms with Crippen molar-refractivity contribution in [2.75, 3.05) is 20.1 Å². The fourth-order valence-corrected chi connectivity index (χ4v) is 3.86. The average molecular weight is 360 g/mol. The predicted octanol–water partition coefficient (Wildman–Crippen LogP) is 1.43. The third-order valence-electron chi connectivity index (χ3n) is 4.06. The van der Waals surface area contributed by atoms with Crippen molar-refractivity contribution in [3.63, 3.8) is 0 Å². The minimum absolute atomic E-state index is 0.127. The molecule has 1 aliphatic heterocycles. The van der Waals surface area contributed by atoms with Gasteiger partial charge in [0.05, 0.1) is 18.0 Å². The molecule has 3 rings (SSSR count). The average Bonchev–Trinajstić information content (AvgIpc) is 3.03. The van der Waals surface area contributed by atoms with E-state index < -0.39 is 10.0 Å². The van der Waals surface area contributed by atoms with Crippen molar-refractivity contribution >= 4 is 15.9 Å². The third-order valence-corrected chi connectivity index (χ3v) is 5.88. The molecule has 1 amide bonds. The number of nitrogens with zero attached hydrogens (tertiary/aromatic N) is 1. The number of hydrogen-bond donors (Lipinski definition) is 1. The molecule has 7 heteroatoms. The van der Waals surface area contributed by atoms with E-state index in [0.29, 0.717) is 6.54 Å². The maximum absolute atomic E-state index is 12.4. The first-order chi connectivity index (χ1) is 12.0. The fourth-order valence-electron chi connectivity index (χ4n) is 2.71. The normalized spacial score (nSPS) is 16.3. The Morgan fingerprint density at radius 3 is 2.56 bits per heavy atom. The number of rotatable bonds is 6. The number of carbonyl (C=O) groups is 1. The zero-order chi connectivity index (χ0) is 17.9. The van der Waals surface area contributed by atoms with Crippen LogP contribution in [-0.2, 0) is 21.2 Å². The number of hydrogen-bond acceptors (Lipinski definition) is 4. The van der Waals surface area contributed by atoms with Gasteiger partial charge >= 0.3 is 0 Å². The number of fused-ring (bicyclic) bond motifs is 1. The molecule has 132 valence electrons. The summed E-state index contributed by atoms with van der Waals surface area (Å²) >= 11 is 0. The summed E-state index contributed by atoms with van der Waals surface area (Å²) in [7, 11) is -2.28. The van der Waals surface area contributed by atoms with Gasteiger partial charge in [-0.25, -0.2) is 8.42 Å². The molecule has 6 nitrogen and oxygen atoms in total. The Morgan fingerprint density at radius 2 is 1.84 bits per heavy atom. The maximum atomic E-state index is 12.4. The number of amides is 1. The van der Waals surface area contributed by atoms with Crippen LogP contribution in [-0.4, -0.2) is 44.9 Å². The van der Waals surface area contributed by atoms with Gasteiger partial charge in [0.1, 0.15) is 11.9 Å². The SMILES string of the molecule is CN(CC(=O)NC[C@@H]1Cc2ccccc2O1)S(=O)(=O)c1ccccc1. The predicted molar refractivity (Wildman–Crippen MR) is 93.8 cm³/mol. The molecule has 0 fully saturated rings. The Labute approximate surface area is 147 Å². The first-order valence-corrected chi connectivity index (χ1v) is 9.43. The Kier molecular flexibility index (Phi) is 5.06. The number of benzene rings is 2. The summed E-state index contributed by atoms with van der Waals surface area (Å²) in [5.41, 5.74) is 1.12. The van der Waals surface area contributed by atoms with Crippen LogP contribution < -0.4 is 10.1 Å². The Morgan fingerprint density at radius 1 is 1.16 bits per heavy atom. The van der Waals surface area contributed by atoms with Crippen LogP contribution in [0.3, 0.4) is 0 Å². The van der Waals surface area contributed by atoms with Crippen molar-refractivity contribution in [1.29, 1.82) is 0 Å². The highest BCUT2D eigenvalue weighted by Gasteiger charge is 2.25. The zero-order valence-electron chi connectivity index (χ0n) is 13.9. The molecule has 0 spiro atoms. The van der Waals surface area contributed by atoms with Gasteiger partial charge in [-0.2, -0.15) is 4.31 Å². The summed E-state index contributed by atoms with van der Waals surface area (Å²) in [4.78, 5) is 12.3. The first-order valence-electron chi connectivity index (χ1n) is 7.99. The standard InChI is InChI=1S/C18H20N2O4S/c1-20(25(22,23)16-8-3-2-4-9-16)13-18(21)19-12-15-11-14-7-5-6-10-17(14)24-15/h2-10,15H,11-13H2,1H3,(H,19,21)/t15-/m0/s1. The van der Waals surface area contributed by atoms with E-state index in [9.17, 15) is 13.2 Å². The van der Waals surface area contributed by atoms with Crippen molar-refractivity contribution in [3.05, 3.63) is 60.2 Å². The van der Waals surface area contributed by atoms with Crippen LogP contribution in [0.15, 0.2) is 59.5 Å². The summed E-state index contributed by atoms with van der Waals surface area (Å²) in [6, 6.07) is 15.8. The molecule has 0 aromatic heterocycles. The van der Waals surface area contributed by atoms with Gasteiger partial charge in [0.25, 0.3) is 0 Å². The first kappa shape index (κ1) is 17.4. The Balaban J connectivity index is 1.51. The summed E-state index contributed by atoms with van der Waals surface area (Å²) in [6.07, 6.45) is 0.603. The van der Waals surface area contributed by atoms with Gasteiger partial charge in [-0.3, -0.25) is 4.79 Å². The molecule has 25 heavy (non-hydrogen) atoms. The quantitative estimate of drug-likeness (QED) is 0.846. The molecule has 0 saturated carbocycles. The van der Waals surface area contributed by atoms with E-state index in [2.05, 4.69) is 5.32 Å². The molecule has 0 unspecified atom stereocenters. The highest BCUT2D eigenvalue weighted by molar-refractivity contribution is 7.89. The molecule has 1 aliphatic rings. The van der Waals surface area contributed by atoms with E-state index >= 15 is 0 Å². The summed E-state index contributed by atoms with van der Waals surface area (Å²) < 4.78 is 31.6. The summed E-state index contributed by atoms with van der Waals surface area (Å²) in [5, 5.41) is 2.74. The molecule has 0 radical (unpaired) electrons. The second-order valence-corrected chi connectivity index (χ2v) is 7.97. The number of para-hydroxylation sites is 1. The van der Waals surface area contributed by atoms with Crippen LogP contribution in [0.1, 0.15) is 5.56 Å². The lowest BCUT2D eigenvalue weighted by Crippen LogP contribution is -2.41. The molecule has 2 aromatic carbocycles. The molecule has 2 aromatic rings. The van der Waals surface area contributed by atoms with Crippen LogP contribution in [0, 0.1) is 0 Å². The largest absolute Gasteiger partial charge is 0.488 e. The van der Waals surface area contributed by atoms with E-state index in [1.165, 1.54) is 19.2 Å². The van der Waals surface area contributed by atoms with Gasteiger partial charge in [0, 0.05) is 13.5 Å². The highest BCUT2D eigenvalue weighted by Crippen LogP contribution is 2.27. The van der Waals surface area contributed by atoms with E-state index in [1.807, 2.05) is 24.3 Å². The molecule has 1 N–H and O–H groups in total. The van der Waals surface area contributed by atoms with Gasteiger partial charge in [-0.1, -0.05) is 36.4 Å². The monoisotopic (exact) mass is 360 g/mol. The van der Waals surface area contributed by atoms with Crippen molar-refractivity contribution in [2.24, 2.45) is 0 Å². The van der Waals surface area contributed by atoms with E-state index in [1.54, 1.807) is 18.2 Å². The van der Waals surface area contributed by atoms with Crippen LogP contribution in [0.2, 0.25) is 0 Å². The second-order valence-electron chi connectivity index (χ2n) is 5.93. The molecule has 0 bridgehead atoms. The zero-order valence-corrected chi connectivity index (χ0v) is 14.7. The number of carbonyl (C=O) groups excluding carboxylic acids is 1. The summed E-state index contributed by atoms with van der Waals surface area (Å²) in [6.45, 7) is 0.101. The lowest BCUT2D eigenvalue weighted by molar-refractivity contribution is -0.121. The smallest absolute Gasteiger partial charge is 0.243 e. The number of nitrogens with one attached hydrogen (secondary N) is 1. The molecule has 0 saturated heterocycles. The third kappa shape index (κ3) is 4.00. The Hall–Kier alpha value is -2.38. The Bertz CT molecular complexity index is 827. The van der Waals surface area contributed by atoms with Crippen molar-refractivity contribution in [3.8, 4) is 5.75 Å². The van der Waals surface area contributed by atoms with Crippen LogP contribution in [0.5, 0.6) is 5.75 Å². The van der Waals surface area contributed by atoms with Crippen LogP contribution >= 0.6 is 0 Å². The van der Waals surface area contributed by atoms with E-state index in [4.69, 9.17) is 4.74 Å². The van der Waals surface area contributed by atoms with Gasteiger partial charge in [-0.05, 0) is 23.8 Å². The molecular weight excluding hydrogens is 340 g/mol. The fraction of sp³-hybridized carbons (Fsp3) is 0.278. The lowest BCUT2D eigenvalue weighted by Gasteiger charge is -2.18. The van der Waals surface area contributed by atoms with Crippen molar-refractivity contribution < 1.29 is 17.9 Å². The maximum Gasteiger partial charge on any atom is 0.243 e. The molecular formula is C18H20N2O4S.